The largest absolute Gasteiger partial charge is 0.497 e. The molecular formula is C34H27NO6S2. The first-order valence-corrected chi connectivity index (χ1v) is 16.4. The molecule has 2 unspecified atom stereocenters. The maximum absolute atomic E-state index is 15.5. The van der Waals surface area contributed by atoms with Crippen molar-refractivity contribution in [1.82, 2.24) is 0 Å². The Bertz CT molecular complexity index is 1980. The Labute approximate surface area is 250 Å². The van der Waals surface area contributed by atoms with Gasteiger partial charge in [0.1, 0.15) is 11.5 Å². The van der Waals surface area contributed by atoms with E-state index in [0.717, 1.165) is 0 Å². The third-order valence-electron chi connectivity index (χ3n) is 7.65. The first kappa shape index (κ1) is 28.4. The fourth-order valence-electron chi connectivity index (χ4n) is 5.71. The summed E-state index contributed by atoms with van der Waals surface area (Å²) in [5.74, 6) is 0.453. The Hall–Kier alpha value is -4.73. The van der Waals surface area contributed by atoms with Gasteiger partial charge in [0, 0.05) is 11.1 Å². The highest BCUT2D eigenvalue weighted by molar-refractivity contribution is 7.97. The van der Waals surface area contributed by atoms with Crippen molar-refractivity contribution in [3.05, 3.63) is 162 Å². The summed E-state index contributed by atoms with van der Waals surface area (Å²) in [5, 5.41) is 4.42. The van der Waals surface area contributed by atoms with E-state index in [-0.39, 0.29) is 26.6 Å². The van der Waals surface area contributed by atoms with Crippen LogP contribution in [0, 0.1) is 0 Å². The molecule has 7 nitrogen and oxygen atoms in total. The maximum atomic E-state index is 15.5. The number of benzene rings is 5. The van der Waals surface area contributed by atoms with Crippen LogP contribution < -0.4 is 4.74 Å². The van der Waals surface area contributed by atoms with Gasteiger partial charge in [-0.3, -0.25) is 0 Å². The van der Waals surface area contributed by atoms with Crippen molar-refractivity contribution in [3.63, 3.8) is 0 Å². The van der Waals surface area contributed by atoms with Crippen LogP contribution in [0.2, 0.25) is 0 Å². The highest BCUT2D eigenvalue weighted by Gasteiger charge is 2.77. The van der Waals surface area contributed by atoms with Gasteiger partial charge < -0.3 is 9.57 Å². The lowest BCUT2D eigenvalue weighted by atomic mass is 9.81. The van der Waals surface area contributed by atoms with Crippen LogP contribution in [0.3, 0.4) is 0 Å². The minimum absolute atomic E-state index is 0.0570. The second kappa shape index (κ2) is 10.8. The summed E-state index contributed by atoms with van der Waals surface area (Å²) >= 11 is 0. The van der Waals surface area contributed by atoms with E-state index in [0.29, 0.717) is 11.3 Å². The van der Waals surface area contributed by atoms with Gasteiger partial charge in [0.2, 0.25) is 14.6 Å². The number of rotatable bonds is 8. The fourth-order valence-corrected chi connectivity index (χ4v) is 10.6. The molecule has 1 heterocycles. The maximum Gasteiger partial charge on any atom is 0.295 e. The first-order valence-electron chi connectivity index (χ1n) is 13.4. The SMILES string of the molecule is COc1ccc(C2(S(=O)(=O)c3ccccc3)ON=C(c3ccccc3)C2(c2ccccc2)S(=O)(=O)c2ccccc2)cc1. The van der Waals surface area contributed by atoms with Gasteiger partial charge in [-0.2, -0.15) is 0 Å². The van der Waals surface area contributed by atoms with E-state index in [1.807, 2.05) is 0 Å². The Balaban J connectivity index is 1.86. The van der Waals surface area contributed by atoms with E-state index in [1.54, 1.807) is 109 Å². The van der Waals surface area contributed by atoms with Crippen LogP contribution in [0.5, 0.6) is 5.75 Å². The van der Waals surface area contributed by atoms with Gasteiger partial charge >= 0.3 is 0 Å². The van der Waals surface area contributed by atoms with E-state index < -0.39 is 29.4 Å². The number of hydrogen-bond acceptors (Lipinski definition) is 7. The van der Waals surface area contributed by atoms with Gasteiger partial charge in [-0.1, -0.05) is 114 Å². The molecule has 0 N–H and O–H groups in total. The molecule has 0 aliphatic carbocycles. The molecule has 1 aliphatic rings. The van der Waals surface area contributed by atoms with Crippen molar-refractivity contribution in [2.75, 3.05) is 7.11 Å². The molecule has 5 aromatic rings. The summed E-state index contributed by atoms with van der Waals surface area (Å²) in [6, 6.07) is 38.6. The number of sulfone groups is 2. The zero-order chi connectivity index (χ0) is 30.1. The van der Waals surface area contributed by atoms with Crippen LogP contribution in [0.4, 0.5) is 0 Å². The van der Waals surface area contributed by atoms with Gasteiger partial charge in [-0.25, -0.2) is 16.8 Å². The van der Waals surface area contributed by atoms with Gasteiger partial charge in [0.25, 0.3) is 4.93 Å². The average Bonchev–Trinajstić information content (AvgIpc) is 3.45. The highest BCUT2D eigenvalue weighted by Crippen LogP contribution is 2.61. The number of ether oxygens (including phenoxy) is 1. The summed E-state index contributed by atoms with van der Waals surface area (Å²) in [6.45, 7) is 0. The lowest BCUT2D eigenvalue weighted by Crippen LogP contribution is -2.60. The summed E-state index contributed by atoms with van der Waals surface area (Å²) < 4.78 is 64.4. The molecule has 0 amide bonds. The molecule has 0 aromatic heterocycles. The Morgan fingerprint density at radius 1 is 0.558 bits per heavy atom. The van der Waals surface area contributed by atoms with Crippen LogP contribution in [0.15, 0.2) is 161 Å². The average molecular weight is 610 g/mol. The zero-order valence-electron chi connectivity index (χ0n) is 23.1. The topological polar surface area (TPSA) is 99.1 Å². The van der Waals surface area contributed by atoms with Crippen molar-refractivity contribution in [2.24, 2.45) is 5.16 Å². The molecule has 6 rings (SSSR count). The predicted molar refractivity (Wildman–Crippen MR) is 164 cm³/mol. The number of nitrogens with zero attached hydrogens (tertiary/aromatic N) is 1. The smallest absolute Gasteiger partial charge is 0.295 e. The van der Waals surface area contributed by atoms with Crippen LogP contribution in [0.1, 0.15) is 16.7 Å². The normalized spacial score (nSPS) is 20.2. The molecule has 0 bridgehead atoms. The molecular weight excluding hydrogens is 583 g/mol. The lowest BCUT2D eigenvalue weighted by molar-refractivity contribution is 0.0260. The van der Waals surface area contributed by atoms with Crippen molar-refractivity contribution in [2.45, 2.75) is 19.5 Å². The minimum Gasteiger partial charge on any atom is -0.497 e. The van der Waals surface area contributed by atoms with Crippen molar-refractivity contribution in [1.29, 1.82) is 0 Å². The number of oxime groups is 1. The van der Waals surface area contributed by atoms with Crippen LogP contribution in [0.25, 0.3) is 0 Å². The Kier molecular flexibility index (Phi) is 7.15. The van der Waals surface area contributed by atoms with Gasteiger partial charge in [0.15, 0.2) is 9.84 Å². The second-order valence-corrected chi connectivity index (χ2v) is 14.1. The first-order chi connectivity index (χ1) is 20.8. The van der Waals surface area contributed by atoms with Crippen LogP contribution in [-0.4, -0.2) is 29.7 Å². The standard InChI is InChI=1S/C34H27NO6S2/c1-40-29-24-22-28(23-25-29)34(43(38,39)31-20-12-5-13-21-31)33(27-16-8-3-9-17-27,42(36,37)30-18-10-4-11-19-30)32(35-41-34)26-14-6-2-7-15-26/h2-25H,1H3. The van der Waals surface area contributed by atoms with Crippen LogP contribution >= 0.6 is 0 Å². The van der Waals surface area contributed by atoms with Gasteiger partial charge in [-0.05, 0) is 42.0 Å². The summed E-state index contributed by atoms with van der Waals surface area (Å²) in [5.41, 5.74) is 0.576. The third kappa shape index (κ3) is 4.11. The molecule has 5 aromatic carbocycles. The molecule has 0 fully saturated rings. The van der Waals surface area contributed by atoms with E-state index in [1.165, 1.54) is 43.5 Å². The Morgan fingerprint density at radius 2 is 1.02 bits per heavy atom. The van der Waals surface area contributed by atoms with E-state index in [9.17, 15) is 0 Å². The molecule has 1 aliphatic heterocycles. The zero-order valence-corrected chi connectivity index (χ0v) is 24.7. The van der Waals surface area contributed by atoms with Crippen molar-refractivity contribution < 1.29 is 26.4 Å². The van der Waals surface area contributed by atoms with Crippen molar-refractivity contribution >= 4 is 25.4 Å². The monoisotopic (exact) mass is 609 g/mol. The number of methoxy groups -OCH3 is 1. The molecule has 0 radical (unpaired) electrons. The van der Waals surface area contributed by atoms with Crippen molar-refractivity contribution in [3.8, 4) is 5.75 Å². The summed E-state index contributed by atoms with van der Waals surface area (Å²) in [7, 11) is -7.91. The Morgan fingerprint density at radius 3 is 1.53 bits per heavy atom. The molecule has 9 heteroatoms. The summed E-state index contributed by atoms with van der Waals surface area (Å²) in [4.78, 5) is 3.41. The summed E-state index contributed by atoms with van der Waals surface area (Å²) in [6.07, 6.45) is 0. The highest BCUT2D eigenvalue weighted by atomic mass is 32.2. The van der Waals surface area contributed by atoms with Gasteiger partial charge in [-0.15, -0.1) is 0 Å². The van der Waals surface area contributed by atoms with E-state index in [2.05, 4.69) is 5.16 Å². The second-order valence-electron chi connectivity index (χ2n) is 9.92. The van der Waals surface area contributed by atoms with E-state index >= 15 is 16.8 Å². The van der Waals surface area contributed by atoms with Gasteiger partial charge in [0.05, 0.1) is 16.9 Å². The molecule has 0 spiro atoms. The molecule has 43 heavy (non-hydrogen) atoms. The molecule has 2 atom stereocenters. The quantitative estimate of drug-likeness (QED) is 0.210. The molecule has 0 saturated heterocycles. The third-order valence-corrected chi connectivity index (χ3v) is 12.5. The molecule has 216 valence electrons. The fraction of sp³-hybridized carbons (Fsp3) is 0.0882. The predicted octanol–water partition coefficient (Wildman–Crippen LogP) is 6.13. The lowest BCUT2D eigenvalue weighted by Gasteiger charge is -2.43. The minimum atomic E-state index is -4.72. The number of hydrogen-bond donors (Lipinski definition) is 0. The molecule has 0 saturated carbocycles. The van der Waals surface area contributed by atoms with Crippen LogP contribution in [-0.2, 0) is 34.2 Å². The van der Waals surface area contributed by atoms with E-state index in [4.69, 9.17) is 9.57 Å².